The second kappa shape index (κ2) is 5.22. The van der Waals surface area contributed by atoms with E-state index in [0.717, 1.165) is 5.56 Å². The third-order valence-corrected chi connectivity index (χ3v) is 5.44. The maximum atomic E-state index is 12.7. The van der Waals surface area contributed by atoms with Crippen molar-refractivity contribution in [2.75, 3.05) is 10.8 Å². The van der Waals surface area contributed by atoms with Crippen LogP contribution in [-0.2, 0) is 16.4 Å². The Bertz CT molecular complexity index is 852. The standard InChI is InChI=1S/C13H10ClN3O4S/c14-13-4-3-11(8-15-13)22(20,21)16-6-5-9-1-2-10(17(18)19)7-12(9)16/h1-4,7-8H,5-6H2. The van der Waals surface area contributed by atoms with Gasteiger partial charge in [-0.25, -0.2) is 13.4 Å². The normalized spacial score (nSPS) is 14.0. The monoisotopic (exact) mass is 339 g/mol. The molecular weight excluding hydrogens is 330 g/mol. The van der Waals surface area contributed by atoms with Crippen LogP contribution >= 0.6 is 11.6 Å². The molecule has 1 aromatic heterocycles. The molecule has 9 heteroatoms. The first-order valence-corrected chi connectivity index (χ1v) is 8.13. The van der Waals surface area contributed by atoms with Crippen molar-refractivity contribution in [3.8, 4) is 0 Å². The molecule has 0 bridgehead atoms. The fourth-order valence-electron chi connectivity index (χ4n) is 2.34. The van der Waals surface area contributed by atoms with Gasteiger partial charge in [-0.15, -0.1) is 0 Å². The van der Waals surface area contributed by atoms with Gasteiger partial charge in [-0.3, -0.25) is 14.4 Å². The van der Waals surface area contributed by atoms with Gasteiger partial charge < -0.3 is 0 Å². The van der Waals surface area contributed by atoms with Gasteiger partial charge in [0.1, 0.15) is 10.0 Å². The fourth-order valence-corrected chi connectivity index (χ4v) is 3.90. The summed E-state index contributed by atoms with van der Waals surface area (Å²) in [5.74, 6) is 0. The first kappa shape index (κ1) is 14.7. The number of pyridine rings is 1. The lowest BCUT2D eigenvalue weighted by atomic mass is 10.1. The third kappa shape index (κ3) is 2.40. The molecule has 1 aliphatic heterocycles. The van der Waals surface area contributed by atoms with Crippen molar-refractivity contribution in [1.82, 2.24) is 4.98 Å². The van der Waals surface area contributed by atoms with Gasteiger partial charge in [-0.2, -0.15) is 0 Å². The van der Waals surface area contributed by atoms with Crippen LogP contribution in [0.4, 0.5) is 11.4 Å². The van der Waals surface area contributed by atoms with E-state index in [0.29, 0.717) is 12.1 Å². The van der Waals surface area contributed by atoms with Gasteiger partial charge >= 0.3 is 0 Å². The van der Waals surface area contributed by atoms with E-state index >= 15 is 0 Å². The second-order valence-corrected chi connectivity index (χ2v) is 6.96. The Hall–Kier alpha value is -2.19. The molecular formula is C13H10ClN3O4S. The molecule has 0 saturated carbocycles. The van der Waals surface area contributed by atoms with Crippen LogP contribution in [0, 0.1) is 10.1 Å². The van der Waals surface area contributed by atoms with E-state index in [1.807, 2.05) is 0 Å². The van der Waals surface area contributed by atoms with Crippen molar-refractivity contribution < 1.29 is 13.3 Å². The lowest BCUT2D eigenvalue weighted by molar-refractivity contribution is -0.384. The van der Waals surface area contributed by atoms with Gasteiger partial charge in [0.05, 0.1) is 10.6 Å². The van der Waals surface area contributed by atoms with Crippen LogP contribution in [-0.4, -0.2) is 24.9 Å². The van der Waals surface area contributed by atoms with Crippen molar-refractivity contribution in [2.24, 2.45) is 0 Å². The van der Waals surface area contributed by atoms with E-state index in [4.69, 9.17) is 11.6 Å². The zero-order chi connectivity index (χ0) is 15.9. The number of halogens is 1. The number of non-ortho nitro benzene ring substituents is 1. The highest BCUT2D eigenvalue weighted by Gasteiger charge is 2.32. The summed E-state index contributed by atoms with van der Waals surface area (Å²) in [5, 5.41) is 11.1. The highest BCUT2D eigenvalue weighted by molar-refractivity contribution is 7.92. The Morgan fingerprint density at radius 3 is 2.68 bits per heavy atom. The number of nitro benzene ring substituents is 1. The summed E-state index contributed by atoms with van der Waals surface area (Å²) in [5.41, 5.74) is 0.954. The molecule has 22 heavy (non-hydrogen) atoms. The second-order valence-electron chi connectivity index (χ2n) is 4.71. The number of fused-ring (bicyclic) bond motifs is 1. The van der Waals surface area contributed by atoms with Gasteiger partial charge in [0.2, 0.25) is 0 Å². The van der Waals surface area contributed by atoms with Gasteiger partial charge in [-0.05, 0) is 24.1 Å². The fraction of sp³-hybridized carbons (Fsp3) is 0.154. The van der Waals surface area contributed by atoms with Crippen LogP contribution in [0.2, 0.25) is 5.15 Å². The molecule has 1 aliphatic rings. The van der Waals surface area contributed by atoms with E-state index in [9.17, 15) is 18.5 Å². The van der Waals surface area contributed by atoms with Gasteiger partial charge in [-0.1, -0.05) is 17.7 Å². The zero-order valence-electron chi connectivity index (χ0n) is 11.1. The molecule has 3 rings (SSSR count). The summed E-state index contributed by atoms with van der Waals surface area (Å²) in [6, 6.07) is 6.99. The van der Waals surface area contributed by atoms with Crippen molar-refractivity contribution in [1.29, 1.82) is 0 Å². The first-order chi connectivity index (χ1) is 10.4. The summed E-state index contributed by atoms with van der Waals surface area (Å²) in [4.78, 5) is 14.1. The van der Waals surface area contributed by atoms with E-state index < -0.39 is 14.9 Å². The Balaban J connectivity index is 2.06. The number of benzene rings is 1. The predicted octanol–water partition coefficient (Wildman–Crippen LogP) is 2.39. The van der Waals surface area contributed by atoms with Crippen molar-refractivity contribution in [3.63, 3.8) is 0 Å². The summed E-state index contributed by atoms with van der Waals surface area (Å²) < 4.78 is 26.5. The molecule has 0 atom stereocenters. The largest absolute Gasteiger partial charge is 0.271 e. The molecule has 0 saturated heterocycles. The van der Waals surface area contributed by atoms with Gasteiger partial charge in [0, 0.05) is 24.9 Å². The van der Waals surface area contributed by atoms with Crippen LogP contribution in [0.15, 0.2) is 41.4 Å². The summed E-state index contributed by atoms with van der Waals surface area (Å²) in [7, 11) is -3.82. The van der Waals surface area contributed by atoms with Crippen LogP contribution in [0.5, 0.6) is 0 Å². The Morgan fingerprint density at radius 2 is 2.05 bits per heavy atom. The highest BCUT2D eigenvalue weighted by Crippen LogP contribution is 2.35. The van der Waals surface area contributed by atoms with Crippen molar-refractivity contribution in [3.05, 3.63) is 57.4 Å². The average molecular weight is 340 g/mol. The quantitative estimate of drug-likeness (QED) is 0.486. The lowest BCUT2D eigenvalue weighted by Gasteiger charge is -2.19. The number of rotatable bonds is 3. The number of sulfonamides is 1. The van der Waals surface area contributed by atoms with Crippen LogP contribution < -0.4 is 4.31 Å². The summed E-state index contributed by atoms with van der Waals surface area (Å²) in [6.45, 7) is 0.238. The predicted molar refractivity (Wildman–Crippen MR) is 80.6 cm³/mol. The maximum Gasteiger partial charge on any atom is 0.271 e. The average Bonchev–Trinajstić information content (AvgIpc) is 2.91. The van der Waals surface area contributed by atoms with Crippen LogP contribution in [0.25, 0.3) is 0 Å². The van der Waals surface area contributed by atoms with E-state index in [1.165, 1.54) is 34.8 Å². The minimum atomic E-state index is -3.82. The Kier molecular flexibility index (Phi) is 3.50. The van der Waals surface area contributed by atoms with Crippen molar-refractivity contribution >= 4 is 33.0 Å². The van der Waals surface area contributed by atoms with Crippen LogP contribution in [0.1, 0.15) is 5.56 Å². The SMILES string of the molecule is O=[N+]([O-])c1ccc2c(c1)N(S(=O)(=O)c1ccc(Cl)nc1)CC2. The molecule has 0 unspecified atom stereocenters. The molecule has 114 valence electrons. The minimum absolute atomic E-state index is 0.00347. The van der Waals surface area contributed by atoms with E-state index in [2.05, 4.69) is 4.98 Å². The van der Waals surface area contributed by atoms with Crippen molar-refractivity contribution in [2.45, 2.75) is 11.3 Å². The maximum absolute atomic E-state index is 12.7. The highest BCUT2D eigenvalue weighted by atomic mass is 35.5. The molecule has 0 radical (unpaired) electrons. The summed E-state index contributed by atoms with van der Waals surface area (Å²) >= 11 is 5.66. The molecule has 0 fully saturated rings. The number of nitro groups is 1. The Labute approximate surface area is 131 Å². The molecule has 2 heterocycles. The lowest BCUT2D eigenvalue weighted by Crippen LogP contribution is -2.29. The Morgan fingerprint density at radius 1 is 1.27 bits per heavy atom. The van der Waals surface area contributed by atoms with E-state index in [1.54, 1.807) is 6.07 Å². The zero-order valence-corrected chi connectivity index (χ0v) is 12.7. The van der Waals surface area contributed by atoms with Crippen LogP contribution in [0.3, 0.4) is 0 Å². The summed E-state index contributed by atoms with van der Waals surface area (Å²) in [6.07, 6.45) is 1.68. The molecule has 0 spiro atoms. The number of anilines is 1. The molecule has 7 nitrogen and oxygen atoms in total. The molecule has 0 aliphatic carbocycles. The number of hydrogen-bond donors (Lipinski definition) is 0. The smallest absolute Gasteiger partial charge is 0.265 e. The molecule has 2 aromatic rings. The van der Waals surface area contributed by atoms with E-state index in [-0.39, 0.29) is 22.3 Å². The number of nitrogens with zero attached hydrogens (tertiary/aromatic N) is 3. The van der Waals surface area contributed by atoms with Gasteiger partial charge in [0.15, 0.2) is 0 Å². The first-order valence-electron chi connectivity index (χ1n) is 6.31. The molecule has 0 N–H and O–H groups in total. The number of aromatic nitrogens is 1. The topological polar surface area (TPSA) is 93.4 Å². The number of hydrogen-bond acceptors (Lipinski definition) is 5. The third-order valence-electron chi connectivity index (χ3n) is 3.42. The molecule has 0 amide bonds. The van der Waals surface area contributed by atoms with Gasteiger partial charge in [0.25, 0.3) is 15.7 Å². The molecule has 1 aromatic carbocycles. The minimum Gasteiger partial charge on any atom is -0.265 e.